The molecule has 2 aliphatic carbocycles. The normalized spacial score (nSPS) is 15.8. The minimum absolute atomic E-state index is 0.0910. The maximum Gasteiger partial charge on any atom is 0.136 e. The van der Waals surface area contributed by atoms with Crippen molar-refractivity contribution in [3.63, 3.8) is 0 Å². The SMILES string of the molecule is CC1(COCCOc2cccc(N(c3cccc(-c4ccc5c(c4)oc4cc6c(cc45)sc4cc(-c5cccc(N(c7cccc(OCCOCC8(C)COC8)c7)c7ccc8c(c7)C(C)(C)c7ccccc7-8)c5)ccc46)c3)c3ccc4c(c3)C(C)(C)c3ccccc3-4)c2)COC1. The average molecular weight is 1280 g/mol. The van der Waals surface area contributed by atoms with E-state index in [4.69, 9.17) is 32.8 Å². The van der Waals surface area contributed by atoms with E-state index in [0.29, 0.717) is 39.6 Å². The van der Waals surface area contributed by atoms with Crippen LogP contribution in [0.15, 0.2) is 235 Å². The second-order valence-electron chi connectivity index (χ2n) is 28.4. The van der Waals surface area contributed by atoms with Crippen molar-refractivity contribution in [1.29, 1.82) is 0 Å². The summed E-state index contributed by atoms with van der Waals surface area (Å²) >= 11 is 1.83. The van der Waals surface area contributed by atoms with E-state index in [1.807, 2.05) is 23.5 Å². The Morgan fingerprint density at radius 3 is 1.30 bits per heavy atom. The summed E-state index contributed by atoms with van der Waals surface area (Å²) in [5, 5.41) is 4.60. The van der Waals surface area contributed by atoms with Crippen molar-refractivity contribution < 1.29 is 32.8 Å². The maximum atomic E-state index is 6.88. The first-order valence-electron chi connectivity index (χ1n) is 33.6. The Hall–Kier alpha value is -9.52. The van der Waals surface area contributed by atoms with E-state index in [9.17, 15) is 0 Å². The molecule has 11 aromatic carbocycles. The number of anilines is 6. The van der Waals surface area contributed by atoms with E-state index in [-0.39, 0.29) is 21.7 Å². The van der Waals surface area contributed by atoms with E-state index in [2.05, 4.69) is 270 Å². The van der Waals surface area contributed by atoms with Crippen LogP contribution in [0.1, 0.15) is 63.8 Å². The number of nitrogens with zero attached hydrogens (tertiary/aromatic N) is 2. The zero-order chi connectivity index (χ0) is 64.9. The molecule has 0 amide bonds. The van der Waals surface area contributed by atoms with Crippen LogP contribution in [0.4, 0.5) is 34.1 Å². The molecule has 9 nitrogen and oxygen atoms in total. The van der Waals surface area contributed by atoms with E-state index >= 15 is 0 Å². The molecule has 13 aromatic rings. The van der Waals surface area contributed by atoms with Gasteiger partial charge in [-0.2, -0.15) is 0 Å². The molecule has 2 aromatic heterocycles. The van der Waals surface area contributed by atoms with Crippen LogP contribution in [0, 0.1) is 10.8 Å². The van der Waals surface area contributed by atoms with E-state index in [0.717, 1.165) is 116 Å². The molecule has 0 bridgehead atoms. The van der Waals surface area contributed by atoms with Crippen LogP contribution in [-0.4, -0.2) is 66.1 Å². The molecule has 96 heavy (non-hydrogen) atoms. The molecule has 2 saturated heterocycles. The van der Waals surface area contributed by atoms with Crippen molar-refractivity contribution >= 4 is 87.6 Å². The summed E-state index contributed by atoms with van der Waals surface area (Å²) < 4.78 is 45.1. The number of rotatable bonds is 20. The Balaban J connectivity index is 0.667. The van der Waals surface area contributed by atoms with Gasteiger partial charge in [0.05, 0.1) is 52.9 Å². The first kappa shape index (κ1) is 60.2. The molecule has 0 saturated carbocycles. The number of thiophene rings is 1. The molecule has 0 radical (unpaired) electrons. The van der Waals surface area contributed by atoms with Crippen LogP contribution in [0.2, 0.25) is 0 Å². The highest BCUT2D eigenvalue weighted by Crippen LogP contribution is 2.53. The highest BCUT2D eigenvalue weighted by molar-refractivity contribution is 7.26. The predicted octanol–water partition coefficient (Wildman–Crippen LogP) is 21.7. The van der Waals surface area contributed by atoms with Crippen LogP contribution in [0.3, 0.4) is 0 Å². The molecule has 2 aliphatic heterocycles. The van der Waals surface area contributed by atoms with Gasteiger partial charge in [0.15, 0.2) is 0 Å². The summed E-state index contributed by atoms with van der Waals surface area (Å²) in [5.74, 6) is 1.58. The van der Waals surface area contributed by atoms with Gasteiger partial charge < -0.3 is 42.6 Å². The van der Waals surface area contributed by atoms with Crippen LogP contribution in [-0.2, 0) is 29.8 Å². The zero-order valence-electron chi connectivity index (χ0n) is 55.2. The lowest BCUT2D eigenvalue weighted by molar-refractivity contribution is -0.139. The first-order chi connectivity index (χ1) is 46.7. The Labute approximate surface area is 565 Å². The van der Waals surface area contributed by atoms with Gasteiger partial charge in [-0.25, -0.2) is 0 Å². The van der Waals surface area contributed by atoms with Gasteiger partial charge in [-0.3, -0.25) is 0 Å². The molecular weight excluding hydrogens is 1210 g/mol. The quantitative estimate of drug-likeness (QED) is 0.0694. The number of hydrogen-bond donors (Lipinski definition) is 0. The van der Waals surface area contributed by atoms with Crippen molar-refractivity contribution in [2.45, 2.75) is 52.4 Å². The fourth-order valence-electron chi connectivity index (χ4n) is 15.2. The van der Waals surface area contributed by atoms with Crippen molar-refractivity contribution in [1.82, 2.24) is 0 Å². The van der Waals surface area contributed by atoms with Gasteiger partial charge in [0.1, 0.15) is 35.9 Å². The molecule has 0 spiro atoms. The smallest absolute Gasteiger partial charge is 0.136 e. The highest BCUT2D eigenvalue weighted by Gasteiger charge is 2.38. The first-order valence-corrected chi connectivity index (χ1v) is 34.4. The summed E-state index contributed by atoms with van der Waals surface area (Å²) in [6.07, 6.45) is 0. The van der Waals surface area contributed by atoms with Crippen molar-refractivity contribution in [2.75, 3.05) is 75.9 Å². The van der Waals surface area contributed by atoms with Gasteiger partial charge in [0.2, 0.25) is 0 Å². The number of furan rings is 1. The summed E-state index contributed by atoms with van der Waals surface area (Å²) in [6.45, 7) is 20.0. The van der Waals surface area contributed by atoms with Gasteiger partial charge in [0, 0.05) is 98.9 Å². The molecule has 0 atom stereocenters. The molecule has 478 valence electrons. The molecule has 0 unspecified atom stereocenters. The molecule has 2 fully saturated rings. The van der Waals surface area contributed by atoms with Crippen LogP contribution in [0.5, 0.6) is 11.5 Å². The lowest BCUT2D eigenvalue weighted by Gasteiger charge is -2.37. The van der Waals surface area contributed by atoms with Gasteiger partial charge in [-0.1, -0.05) is 157 Å². The van der Waals surface area contributed by atoms with Crippen LogP contribution in [0.25, 0.3) is 86.6 Å². The summed E-state index contributed by atoms with van der Waals surface area (Å²) in [5.41, 5.74) is 22.8. The number of ether oxygens (including phenoxy) is 6. The molecule has 4 heterocycles. The predicted molar refractivity (Wildman–Crippen MR) is 392 cm³/mol. The minimum atomic E-state index is -0.168. The second-order valence-corrected chi connectivity index (χ2v) is 29.5. The molecule has 0 N–H and O–H groups in total. The monoisotopic (exact) mass is 1280 g/mol. The lowest BCUT2D eigenvalue weighted by atomic mass is 9.82. The zero-order valence-corrected chi connectivity index (χ0v) is 56.0. The molecule has 4 aliphatic rings. The third kappa shape index (κ3) is 10.7. The fourth-order valence-corrected chi connectivity index (χ4v) is 16.3. The highest BCUT2D eigenvalue weighted by atomic mass is 32.1. The largest absolute Gasteiger partial charge is 0.491 e. The van der Waals surface area contributed by atoms with Crippen molar-refractivity contribution in [3.8, 4) is 56.0 Å². The van der Waals surface area contributed by atoms with Crippen LogP contribution < -0.4 is 19.3 Å². The van der Waals surface area contributed by atoms with Crippen LogP contribution >= 0.6 is 11.3 Å². The maximum absolute atomic E-state index is 6.88. The summed E-state index contributed by atoms with van der Waals surface area (Å²) in [7, 11) is 0. The Morgan fingerprint density at radius 1 is 0.344 bits per heavy atom. The fraction of sp³-hybridized carbons (Fsp3) is 0.233. The topological polar surface area (TPSA) is 75.0 Å². The molecule has 17 rings (SSSR count). The van der Waals surface area contributed by atoms with Gasteiger partial charge >= 0.3 is 0 Å². The molecular formula is C86H76N2O7S. The Kier molecular flexibility index (Phi) is 14.8. The lowest BCUT2D eigenvalue weighted by Crippen LogP contribution is -2.43. The minimum Gasteiger partial charge on any atom is -0.491 e. The number of fused-ring (bicyclic) bond motifs is 12. The van der Waals surface area contributed by atoms with Gasteiger partial charge in [0.25, 0.3) is 0 Å². The van der Waals surface area contributed by atoms with Crippen molar-refractivity contribution in [3.05, 3.63) is 253 Å². The second kappa shape index (κ2) is 23.7. The summed E-state index contributed by atoms with van der Waals surface area (Å²) in [6, 6.07) is 84.4. The Morgan fingerprint density at radius 2 is 0.781 bits per heavy atom. The average Bonchev–Trinajstić information content (AvgIpc) is 1.64. The standard InChI is InChI=1S/C86H76N2O7S/c1-83(2)75-25-9-7-23-67(75)69-33-29-63(45-77(69)83)87(61-19-13-21-65(43-61)93-37-35-89-49-85(5)51-91-52-85)59-17-11-15-55(39-59)57-27-31-71-73-48-82-74(47-80(73)95-79(71)41-57)72-32-28-58(42-81(72)96-82)56-16-12-18-60(40-56)88(62-20-14-22-66(44-62)94-38-36-90-50-86(6)53-92-54-86)64-30-34-70-68-24-8-10-26-76(68)84(3,4)78(70)46-64/h7-34,39-48H,35-38,49-54H2,1-6H3. The van der Waals surface area contributed by atoms with Gasteiger partial charge in [-0.05, 0) is 170 Å². The summed E-state index contributed by atoms with van der Waals surface area (Å²) in [4.78, 5) is 4.73. The Bertz CT molecular complexity index is 4860. The number of hydrogen-bond acceptors (Lipinski definition) is 10. The third-order valence-corrected chi connectivity index (χ3v) is 21.6. The van der Waals surface area contributed by atoms with Gasteiger partial charge in [-0.15, -0.1) is 11.3 Å². The third-order valence-electron chi connectivity index (χ3n) is 20.4. The van der Waals surface area contributed by atoms with E-state index in [1.54, 1.807) is 0 Å². The molecule has 10 heteroatoms. The van der Waals surface area contributed by atoms with E-state index in [1.165, 1.54) is 64.7 Å². The van der Waals surface area contributed by atoms with E-state index < -0.39 is 0 Å². The number of benzene rings is 11. The van der Waals surface area contributed by atoms with Crippen molar-refractivity contribution in [2.24, 2.45) is 10.8 Å².